The number of hydrogen-bond acceptors (Lipinski definition) is 4. The average molecular weight is 184 g/mol. The summed E-state index contributed by atoms with van der Waals surface area (Å²) in [5.74, 6) is 0. The first-order valence-corrected chi connectivity index (χ1v) is 3.94. The molecule has 0 rings (SSSR count). The van der Waals surface area contributed by atoms with Crippen molar-refractivity contribution in [3.05, 3.63) is 0 Å². The van der Waals surface area contributed by atoms with Crippen molar-refractivity contribution in [2.75, 3.05) is 0 Å². The van der Waals surface area contributed by atoms with Crippen molar-refractivity contribution in [2.45, 2.75) is 0 Å². The van der Waals surface area contributed by atoms with Gasteiger partial charge in [0.2, 0.25) is 0 Å². The van der Waals surface area contributed by atoms with Gasteiger partial charge in [-0.2, -0.15) is 0 Å². The van der Waals surface area contributed by atoms with Crippen LogP contribution in [-0.2, 0) is 23.5 Å². The Balaban J connectivity index is 0. The minimum atomic E-state index is -6.02. The molecule has 0 aromatic rings. The molecule has 0 aromatic carbocycles. The van der Waals surface area contributed by atoms with Gasteiger partial charge in [0.1, 0.15) is 0 Å². The van der Waals surface area contributed by atoms with Crippen molar-refractivity contribution in [2.24, 2.45) is 0 Å². The van der Waals surface area contributed by atoms with Crippen molar-refractivity contribution in [3.63, 3.8) is 0 Å². The van der Waals surface area contributed by atoms with Crippen LogP contribution in [0.15, 0.2) is 0 Å². The Morgan fingerprint density at radius 2 is 1.17 bits per heavy atom. The summed E-state index contributed by atoms with van der Waals surface area (Å²) >= 11 is -6.02. The molecule has 0 aromatic heterocycles. The van der Waals surface area contributed by atoms with Crippen molar-refractivity contribution in [1.29, 1.82) is 0 Å². The van der Waals surface area contributed by atoms with E-state index in [9.17, 15) is 0 Å². The molecule has 32 valence electrons. The zero-order valence-corrected chi connectivity index (χ0v) is 6.17. The van der Waals surface area contributed by atoms with Crippen LogP contribution < -0.4 is 7.52 Å². The summed E-state index contributed by atoms with van der Waals surface area (Å²) in [6.45, 7) is 0. The summed E-state index contributed by atoms with van der Waals surface area (Å²) in [6.07, 6.45) is 0. The second-order valence-electron chi connectivity index (χ2n) is 0.408. The van der Waals surface area contributed by atoms with Crippen LogP contribution in [0.25, 0.3) is 0 Å². The van der Waals surface area contributed by atoms with Crippen LogP contribution in [-0.4, -0.2) is 23.1 Å². The van der Waals surface area contributed by atoms with Crippen LogP contribution in [0.4, 0.5) is 0 Å². The third kappa shape index (κ3) is 82.7. The fraction of sp³-hybridized carbons (Fsp3) is 0. The quantitative estimate of drug-likeness (QED) is 0.376. The minimum absolute atomic E-state index is 0. The molecule has 0 amide bonds. The van der Waals surface area contributed by atoms with Crippen LogP contribution in [0.3, 0.4) is 0 Å². The molecule has 4 nitrogen and oxygen atoms in total. The summed E-state index contributed by atoms with van der Waals surface area (Å²) in [5.41, 5.74) is 0. The van der Waals surface area contributed by atoms with Crippen LogP contribution in [0, 0.1) is 0 Å². The van der Waals surface area contributed by atoms with Gasteiger partial charge in [0.05, 0.1) is 0 Å². The molecule has 0 unspecified atom stereocenters. The standard InChI is InChI=1S/Mg.Mo.4O/q+2;;;;2*-1. The summed E-state index contributed by atoms with van der Waals surface area (Å²) in [5, 5.41) is 0. The van der Waals surface area contributed by atoms with E-state index in [1.165, 1.54) is 0 Å². The molecular formula is MgMoO4. The second-order valence-corrected chi connectivity index (χ2v) is 2.42. The van der Waals surface area contributed by atoms with Gasteiger partial charge in [-0.05, 0) is 0 Å². The molecule has 6 heteroatoms. The molecule has 0 saturated heterocycles. The number of hydrogen-bond donors (Lipinski definition) is 0. The molecule has 0 saturated carbocycles. The van der Waals surface area contributed by atoms with Crippen molar-refractivity contribution in [1.82, 2.24) is 0 Å². The van der Waals surface area contributed by atoms with Gasteiger partial charge in [0, 0.05) is 0 Å². The number of rotatable bonds is 0. The third-order valence-corrected chi connectivity index (χ3v) is 0. The molecule has 0 aliphatic rings. The van der Waals surface area contributed by atoms with Crippen molar-refractivity contribution < 1.29 is 31.1 Å². The van der Waals surface area contributed by atoms with Gasteiger partial charge in [0.25, 0.3) is 0 Å². The summed E-state index contributed by atoms with van der Waals surface area (Å²) in [4.78, 5) is 0. The van der Waals surface area contributed by atoms with Crippen LogP contribution in [0.1, 0.15) is 0 Å². The molecule has 0 spiro atoms. The Hall–Kier alpha value is 0.975. The van der Waals surface area contributed by atoms with Crippen LogP contribution >= 0.6 is 0 Å². The van der Waals surface area contributed by atoms with Gasteiger partial charge in [-0.1, -0.05) is 0 Å². The predicted molar refractivity (Wildman–Crippen MR) is 7.13 cm³/mol. The molecule has 0 aliphatic heterocycles. The van der Waals surface area contributed by atoms with Gasteiger partial charge in [-0.25, -0.2) is 0 Å². The van der Waals surface area contributed by atoms with E-state index >= 15 is 0 Å². The third-order valence-electron chi connectivity index (χ3n) is 0. The Bertz CT molecular complexity index is 90.7. The Labute approximate surface area is 54.0 Å². The van der Waals surface area contributed by atoms with Gasteiger partial charge < -0.3 is 0 Å². The second kappa shape index (κ2) is 3.04. The Morgan fingerprint density at radius 3 is 1.17 bits per heavy atom. The van der Waals surface area contributed by atoms with E-state index in [1.807, 2.05) is 0 Å². The molecule has 0 bridgehead atoms. The zero-order chi connectivity index (χ0) is 4.50. The topological polar surface area (TPSA) is 80.3 Å². The summed E-state index contributed by atoms with van der Waals surface area (Å²) < 4.78 is 34.5. The molecule has 0 fully saturated rings. The average Bonchev–Trinajstić information content (AvgIpc) is 0.722. The molecule has 0 heterocycles. The van der Waals surface area contributed by atoms with Gasteiger partial charge in [-0.15, -0.1) is 0 Å². The van der Waals surface area contributed by atoms with E-state index in [0.717, 1.165) is 0 Å². The summed E-state index contributed by atoms with van der Waals surface area (Å²) in [6, 6.07) is 0. The fourth-order valence-electron chi connectivity index (χ4n) is 0. The first-order chi connectivity index (χ1) is 2.00. The van der Waals surface area contributed by atoms with E-state index in [4.69, 9.17) is 14.3 Å². The maximum atomic E-state index is 8.63. The van der Waals surface area contributed by atoms with Gasteiger partial charge in [-0.3, -0.25) is 0 Å². The molecule has 6 heavy (non-hydrogen) atoms. The Kier molecular flexibility index (Phi) is 5.10. The zero-order valence-electron chi connectivity index (χ0n) is 2.75. The van der Waals surface area contributed by atoms with Crippen molar-refractivity contribution in [3.8, 4) is 0 Å². The van der Waals surface area contributed by atoms with Crippen LogP contribution in [0.5, 0.6) is 0 Å². The maximum absolute atomic E-state index is 8.63. The van der Waals surface area contributed by atoms with Crippen LogP contribution in [0.2, 0.25) is 0 Å². The van der Waals surface area contributed by atoms with E-state index in [2.05, 4.69) is 0 Å². The molecule has 0 radical (unpaired) electrons. The Morgan fingerprint density at radius 1 is 1.17 bits per heavy atom. The van der Waals surface area contributed by atoms with E-state index in [-0.39, 0.29) is 23.1 Å². The molecular weight excluding hydrogens is 184 g/mol. The van der Waals surface area contributed by atoms with E-state index in [0.29, 0.717) is 0 Å². The van der Waals surface area contributed by atoms with Crippen molar-refractivity contribution >= 4 is 23.1 Å². The SMILES string of the molecule is [Mg+2].[O]=[Mo](=[O])([O-])[O-]. The monoisotopic (exact) mass is 186 g/mol. The van der Waals surface area contributed by atoms with Gasteiger partial charge in [0.15, 0.2) is 0 Å². The molecule has 0 atom stereocenters. The fourth-order valence-corrected chi connectivity index (χ4v) is 0. The van der Waals surface area contributed by atoms with Gasteiger partial charge >= 0.3 is 54.1 Å². The molecule has 0 N–H and O–H groups in total. The predicted octanol–water partition coefficient (Wildman–Crippen LogP) is -3.00. The first kappa shape index (κ1) is 10.1. The summed E-state index contributed by atoms with van der Waals surface area (Å²) in [7, 11) is 0. The normalized spacial score (nSPS) is 9.67. The molecule has 0 aliphatic carbocycles. The van der Waals surface area contributed by atoms with E-state index in [1.54, 1.807) is 0 Å². The first-order valence-electron chi connectivity index (χ1n) is 0.667. The van der Waals surface area contributed by atoms with E-state index < -0.39 is 16.7 Å².